The van der Waals surface area contributed by atoms with Crippen LogP contribution in [0, 0.1) is 0 Å². The first-order valence-electron chi connectivity index (χ1n) is 2.92. The Morgan fingerprint density at radius 2 is 2.10 bits per heavy atom. The fraction of sp³-hybridized carbons (Fsp3) is 0.429. The highest BCUT2D eigenvalue weighted by Gasteiger charge is 2.06. The van der Waals surface area contributed by atoms with E-state index in [1.807, 2.05) is 0 Å². The van der Waals surface area contributed by atoms with Crippen molar-refractivity contribution in [2.45, 2.75) is 6.42 Å². The predicted molar refractivity (Wildman–Crippen MR) is 38.5 cm³/mol. The van der Waals surface area contributed by atoms with E-state index in [1.165, 1.54) is 4.90 Å². The van der Waals surface area contributed by atoms with Gasteiger partial charge in [-0.3, -0.25) is 4.79 Å². The van der Waals surface area contributed by atoms with Gasteiger partial charge < -0.3 is 9.69 Å². The molecule has 0 aliphatic rings. The van der Waals surface area contributed by atoms with Gasteiger partial charge in [-0.25, -0.2) is 0 Å². The number of nitrogens with zero attached hydrogens (tertiary/aromatic N) is 1. The van der Waals surface area contributed by atoms with E-state index in [1.54, 1.807) is 14.1 Å². The Bertz CT molecular complexity index is 161. The quantitative estimate of drug-likeness (QED) is 0.416. The van der Waals surface area contributed by atoms with E-state index in [-0.39, 0.29) is 12.3 Å². The molecule has 0 atom stereocenters. The van der Waals surface area contributed by atoms with Crippen LogP contribution in [0.2, 0.25) is 0 Å². The molecule has 0 aromatic heterocycles. The maximum absolute atomic E-state index is 10.9. The molecule has 0 bridgehead atoms. The first-order chi connectivity index (χ1) is 4.59. The highest BCUT2D eigenvalue weighted by molar-refractivity contribution is 5.94. The monoisotopic (exact) mass is 141 g/mol. The minimum absolute atomic E-state index is 0.122. The number of likely N-dealkylation sites (N-methyl/N-ethyl adjacent to an activating group) is 1. The summed E-state index contributed by atoms with van der Waals surface area (Å²) in [6, 6.07) is 0. The lowest BCUT2D eigenvalue weighted by atomic mass is 10.2. The van der Waals surface area contributed by atoms with Crippen LogP contribution in [0.15, 0.2) is 12.2 Å². The number of hydrogen-bond donors (Lipinski definition) is 0. The van der Waals surface area contributed by atoms with E-state index in [2.05, 4.69) is 6.58 Å². The van der Waals surface area contributed by atoms with Crippen LogP contribution in [-0.4, -0.2) is 31.2 Å². The number of carbonyl (C=O) groups is 2. The third-order valence-corrected chi connectivity index (χ3v) is 1.04. The molecule has 0 unspecified atom stereocenters. The number of hydrogen-bond acceptors (Lipinski definition) is 2. The van der Waals surface area contributed by atoms with E-state index in [4.69, 9.17) is 0 Å². The minimum Gasteiger partial charge on any atom is -0.345 e. The van der Waals surface area contributed by atoms with Gasteiger partial charge in [0, 0.05) is 26.1 Å². The fourth-order valence-electron chi connectivity index (χ4n) is 0.504. The van der Waals surface area contributed by atoms with Gasteiger partial charge in [0.25, 0.3) is 0 Å². The van der Waals surface area contributed by atoms with Crippen LogP contribution in [0.3, 0.4) is 0 Å². The maximum Gasteiger partial charge on any atom is 0.249 e. The smallest absolute Gasteiger partial charge is 0.249 e. The minimum atomic E-state index is -0.188. The summed E-state index contributed by atoms with van der Waals surface area (Å²) in [4.78, 5) is 22.2. The fourth-order valence-corrected chi connectivity index (χ4v) is 0.504. The van der Waals surface area contributed by atoms with Crippen molar-refractivity contribution < 1.29 is 9.59 Å². The average molecular weight is 141 g/mol. The van der Waals surface area contributed by atoms with Crippen LogP contribution in [0.4, 0.5) is 0 Å². The molecule has 10 heavy (non-hydrogen) atoms. The zero-order chi connectivity index (χ0) is 8.15. The molecule has 0 saturated carbocycles. The van der Waals surface area contributed by atoms with Crippen molar-refractivity contribution in [2.24, 2.45) is 0 Å². The summed E-state index contributed by atoms with van der Waals surface area (Å²) in [6.45, 7) is 3.44. The Hall–Kier alpha value is -1.12. The molecule has 0 aliphatic heterocycles. The first kappa shape index (κ1) is 8.88. The second kappa shape index (κ2) is 3.82. The summed E-state index contributed by atoms with van der Waals surface area (Å²) in [7, 11) is 3.25. The van der Waals surface area contributed by atoms with Crippen molar-refractivity contribution >= 4 is 12.2 Å². The van der Waals surface area contributed by atoms with Crippen LogP contribution in [0.25, 0.3) is 0 Å². The highest BCUT2D eigenvalue weighted by Crippen LogP contribution is 1.97. The van der Waals surface area contributed by atoms with E-state index >= 15 is 0 Å². The lowest BCUT2D eigenvalue weighted by Gasteiger charge is -2.09. The lowest BCUT2D eigenvalue weighted by molar-refractivity contribution is -0.125. The maximum atomic E-state index is 10.9. The zero-order valence-electron chi connectivity index (χ0n) is 6.26. The summed E-state index contributed by atoms with van der Waals surface area (Å²) in [6.07, 6.45) is 0.792. The van der Waals surface area contributed by atoms with Gasteiger partial charge in [-0.15, -0.1) is 0 Å². The molecule has 0 aromatic carbocycles. The molecule has 0 radical (unpaired) electrons. The van der Waals surface area contributed by atoms with Gasteiger partial charge in [0.2, 0.25) is 5.91 Å². The Labute approximate surface area is 60.3 Å². The van der Waals surface area contributed by atoms with Gasteiger partial charge in [0.15, 0.2) is 0 Å². The SMILES string of the molecule is C=C(CC=O)C(=O)N(C)C. The standard InChI is InChI=1S/C7H11NO2/c1-6(4-5-9)7(10)8(2)3/h5H,1,4H2,2-3H3. The van der Waals surface area contributed by atoms with Gasteiger partial charge in [0.05, 0.1) is 0 Å². The Balaban J connectivity index is 3.95. The van der Waals surface area contributed by atoms with E-state index in [0.717, 1.165) is 0 Å². The Morgan fingerprint density at radius 3 is 2.40 bits per heavy atom. The molecular weight excluding hydrogens is 130 g/mol. The van der Waals surface area contributed by atoms with Crippen molar-refractivity contribution in [3.8, 4) is 0 Å². The van der Waals surface area contributed by atoms with Gasteiger partial charge in [-0.2, -0.15) is 0 Å². The number of aldehydes is 1. The van der Waals surface area contributed by atoms with Crippen LogP contribution < -0.4 is 0 Å². The molecule has 0 fully saturated rings. The topological polar surface area (TPSA) is 37.4 Å². The second-order valence-electron chi connectivity index (χ2n) is 2.17. The molecule has 56 valence electrons. The third-order valence-electron chi connectivity index (χ3n) is 1.04. The lowest BCUT2D eigenvalue weighted by Crippen LogP contribution is -2.23. The van der Waals surface area contributed by atoms with Crippen LogP contribution in [0.5, 0.6) is 0 Å². The van der Waals surface area contributed by atoms with E-state index in [0.29, 0.717) is 11.9 Å². The molecule has 0 aromatic rings. The van der Waals surface area contributed by atoms with Crippen LogP contribution in [0.1, 0.15) is 6.42 Å². The Morgan fingerprint density at radius 1 is 1.60 bits per heavy atom. The zero-order valence-corrected chi connectivity index (χ0v) is 6.26. The molecule has 0 spiro atoms. The molecular formula is C7H11NO2. The first-order valence-corrected chi connectivity index (χ1v) is 2.92. The molecule has 1 amide bonds. The largest absolute Gasteiger partial charge is 0.345 e. The van der Waals surface area contributed by atoms with Crippen molar-refractivity contribution in [1.82, 2.24) is 4.90 Å². The number of amides is 1. The summed E-state index contributed by atoms with van der Waals surface area (Å²) < 4.78 is 0. The molecule has 0 saturated heterocycles. The van der Waals surface area contributed by atoms with E-state index < -0.39 is 0 Å². The molecule has 0 aliphatic carbocycles. The van der Waals surface area contributed by atoms with Gasteiger partial charge >= 0.3 is 0 Å². The molecule has 0 heterocycles. The second-order valence-corrected chi connectivity index (χ2v) is 2.17. The van der Waals surface area contributed by atoms with Crippen molar-refractivity contribution in [3.05, 3.63) is 12.2 Å². The van der Waals surface area contributed by atoms with Crippen LogP contribution >= 0.6 is 0 Å². The molecule has 3 heteroatoms. The van der Waals surface area contributed by atoms with Gasteiger partial charge in [-0.05, 0) is 0 Å². The third kappa shape index (κ3) is 2.44. The van der Waals surface area contributed by atoms with Gasteiger partial charge in [-0.1, -0.05) is 6.58 Å². The summed E-state index contributed by atoms with van der Waals surface area (Å²) in [5, 5.41) is 0. The van der Waals surface area contributed by atoms with E-state index in [9.17, 15) is 9.59 Å². The summed E-state index contributed by atoms with van der Waals surface area (Å²) in [5.41, 5.74) is 0.333. The average Bonchev–Trinajstić information content (AvgIpc) is 1.87. The predicted octanol–water partition coefficient (Wildman–Crippen LogP) is 0.220. The number of carbonyl (C=O) groups excluding carboxylic acids is 2. The summed E-state index contributed by atoms with van der Waals surface area (Å²) >= 11 is 0. The molecule has 0 rings (SSSR count). The Kier molecular flexibility index (Phi) is 3.39. The highest BCUT2D eigenvalue weighted by atomic mass is 16.2. The molecule has 0 N–H and O–H groups in total. The molecule has 3 nitrogen and oxygen atoms in total. The van der Waals surface area contributed by atoms with Gasteiger partial charge in [0.1, 0.15) is 6.29 Å². The van der Waals surface area contributed by atoms with Crippen molar-refractivity contribution in [1.29, 1.82) is 0 Å². The van der Waals surface area contributed by atoms with Crippen molar-refractivity contribution in [2.75, 3.05) is 14.1 Å². The number of rotatable bonds is 3. The normalized spacial score (nSPS) is 8.60. The summed E-state index contributed by atoms with van der Waals surface area (Å²) in [5.74, 6) is -0.188. The van der Waals surface area contributed by atoms with Crippen LogP contribution in [-0.2, 0) is 9.59 Å². The van der Waals surface area contributed by atoms with Crippen molar-refractivity contribution in [3.63, 3.8) is 0 Å².